The number of aliphatic imine (C=N–C) groups is 1. The van der Waals surface area contributed by atoms with E-state index in [1.807, 2.05) is 13.0 Å². The maximum Gasteiger partial charge on any atom is 0.221 e. The summed E-state index contributed by atoms with van der Waals surface area (Å²) in [5.41, 5.74) is 1.35. The molecule has 1 unspecified atom stereocenters. The summed E-state index contributed by atoms with van der Waals surface area (Å²) in [4.78, 5) is 15.9. The van der Waals surface area contributed by atoms with Crippen LogP contribution in [-0.4, -0.2) is 38.0 Å². The quantitative estimate of drug-likeness (QED) is 0.371. The first kappa shape index (κ1) is 19.0. The Hall–Kier alpha value is -2.04. The minimum absolute atomic E-state index is 0.0754. The summed E-state index contributed by atoms with van der Waals surface area (Å²) < 4.78 is 0. The lowest BCUT2D eigenvalue weighted by molar-refractivity contribution is -0.121. The molecule has 0 bridgehead atoms. The van der Waals surface area contributed by atoms with E-state index in [1.54, 1.807) is 7.05 Å². The van der Waals surface area contributed by atoms with Crippen molar-refractivity contribution in [3.8, 4) is 0 Å². The van der Waals surface area contributed by atoms with Crippen molar-refractivity contribution in [2.45, 2.75) is 45.6 Å². The highest BCUT2D eigenvalue weighted by Gasteiger charge is 2.05. The molecule has 1 aromatic carbocycles. The summed E-state index contributed by atoms with van der Waals surface area (Å²) in [5, 5.41) is 9.39. The van der Waals surface area contributed by atoms with Gasteiger partial charge in [-0.05, 0) is 31.7 Å². The summed E-state index contributed by atoms with van der Waals surface area (Å²) in [5.74, 6) is 0.820. The molecule has 0 aliphatic heterocycles. The Morgan fingerprint density at radius 1 is 1.17 bits per heavy atom. The molecule has 0 aliphatic carbocycles. The van der Waals surface area contributed by atoms with E-state index in [1.165, 1.54) is 5.56 Å². The maximum atomic E-state index is 11.7. The molecule has 1 aromatic rings. The molecule has 0 aliphatic rings. The topological polar surface area (TPSA) is 65.5 Å². The fraction of sp³-hybridized carbons (Fsp3) is 0.556. The van der Waals surface area contributed by atoms with Gasteiger partial charge in [0.2, 0.25) is 5.91 Å². The molecule has 0 spiro atoms. The minimum Gasteiger partial charge on any atom is -0.356 e. The molecule has 1 rings (SSSR count). The van der Waals surface area contributed by atoms with E-state index < -0.39 is 0 Å². The van der Waals surface area contributed by atoms with Crippen LogP contribution in [0.15, 0.2) is 35.3 Å². The average Bonchev–Trinajstić information content (AvgIpc) is 2.57. The van der Waals surface area contributed by atoms with Crippen LogP contribution in [0.4, 0.5) is 0 Å². The Balaban J connectivity index is 2.13. The molecule has 128 valence electrons. The molecule has 23 heavy (non-hydrogen) atoms. The van der Waals surface area contributed by atoms with E-state index >= 15 is 0 Å². The number of benzene rings is 1. The lowest BCUT2D eigenvalue weighted by Gasteiger charge is -2.13. The normalized spacial score (nSPS) is 12.6. The highest BCUT2D eigenvalue weighted by atomic mass is 16.1. The fourth-order valence-electron chi connectivity index (χ4n) is 2.11. The summed E-state index contributed by atoms with van der Waals surface area (Å²) >= 11 is 0. The second-order valence-electron chi connectivity index (χ2n) is 5.64. The number of nitrogens with one attached hydrogen (secondary N) is 3. The van der Waals surface area contributed by atoms with E-state index in [-0.39, 0.29) is 11.9 Å². The van der Waals surface area contributed by atoms with Crippen molar-refractivity contribution in [3.05, 3.63) is 35.9 Å². The van der Waals surface area contributed by atoms with Crippen LogP contribution in [0, 0.1) is 0 Å². The zero-order valence-corrected chi connectivity index (χ0v) is 14.6. The van der Waals surface area contributed by atoms with Crippen LogP contribution in [0.2, 0.25) is 0 Å². The molecule has 1 atom stereocenters. The molecule has 0 fully saturated rings. The van der Waals surface area contributed by atoms with E-state index in [0.29, 0.717) is 13.0 Å². The number of carbonyl (C=O) groups excluding carboxylic acids is 1. The molecular formula is C18H30N4O. The van der Waals surface area contributed by atoms with Gasteiger partial charge in [0.15, 0.2) is 5.96 Å². The molecule has 1 amide bonds. The van der Waals surface area contributed by atoms with Gasteiger partial charge in [-0.1, -0.05) is 37.3 Å². The van der Waals surface area contributed by atoms with Gasteiger partial charge in [-0.3, -0.25) is 9.79 Å². The third kappa shape index (κ3) is 8.86. The van der Waals surface area contributed by atoms with Gasteiger partial charge in [-0.15, -0.1) is 0 Å². The largest absolute Gasteiger partial charge is 0.356 e. The van der Waals surface area contributed by atoms with Crippen LogP contribution in [0.25, 0.3) is 0 Å². The van der Waals surface area contributed by atoms with E-state index in [2.05, 4.69) is 52.1 Å². The monoisotopic (exact) mass is 318 g/mol. The van der Waals surface area contributed by atoms with Gasteiger partial charge in [0.1, 0.15) is 0 Å². The number of carbonyl (C=O) groups is 1. The Labute approximate surface area is 140 Å². The van der Waals surface area contributed by atoms with Gasteiger partial charge in [0, 0.05) is 32.6 Å². The van der Waals surface area contributed by atoms with Gasteiger partial charge in [0.05, 0.1) is 0 Å². The Kier molecular flexibility index (Phi) is 9.52. The van der Waals surface area contributed by atoms with Crippen molar-refractivity contribution in [1.29, 1.82) is 0 Å². The summed E-state index contributed by atoms with van der Waals surface area (Å²) in [6.07, 6.45) is 3.49. The summed E-state index contributed by atoms with van der Waals surface area (Å²) in [6.45, 7) is 5.51. The van der Waals surface area contributed by atoms with Crippen LogP contribution in [-0.2, 0) is 11.2 Å². The van der Waals surface area contributed by atoms with Crippen molar-refractivity contribution < 1.29 is 4.79 Å². The highest BCUT2D eigenvalue weighted by Crippen LogP contribution is 2.01. The zero-order chi connectivity index (χ0) is 16.9. The first-order valence-electron chi connectivity index (χ1n) is 8.43. The van der Waals surface area contributed by atoms with E-state index in [4.69, 9.17) is 0 Å². The number of amides is 1. The molecule has 5 heteroatoms. The lowest BCUT2D eigenvalue weighted by atomic mass is 10.1. The van der Waals surface area contributed by atoms with E-state index in [9.17, 15) is 4.79 Å². The standard InChI is InChI=1S/C18H30N4O/c1-4-15(2)22-17(23)12-14-21-18(19-3)20-13-8-11-16-9-6-5-7-10-16/h5-7,9-10,15H,4,8,11-14H2,1-3H3,(H,22,23)(H2,19,20,21). The molecule has 0 aromatic heterocycles. The lowest BCUT2D eigenvalue weighted by Crippen LogP contribution is -2.40. The third-order valence-corrected chi connectivity index (χ3v) is 3.67. The van der Waals surface area contributed by atoms with Gasteiger partial charge < -0.3 is 16.0 Å². The predicted octanol–water partition coefficient (Wildman–Crippen LogP) is 2.09. The average molecular weight is 318 g/mol. The molecule has 0 saturated heterocycles. The first-order chi connectivity index (χ1) is 11.2. The van der Waals surface area contributed by atoms with Crippen molar-refractivity contribution >= 4 is 11.9 Å². The van der Waals surface area contributed by atoms with Crippen LogP contribution in [0.5, 0.6) is 0 Å². The number of hydrogen-bond acceptors (Lipinski definition) is 2. The van der Waals surface area contributed by atoms with Crippen molar-refractivity contribution in [2.24, 2.45) is 4.99 Å². The van der Waals surface area contributed by atoms with E-state index in [0.717, 1.165) is 31.8 Å². The number of nitrogens with zero attached hydrogens (tertiary/aromatic N) is 1. The zero-order valence-electron chi connectivity index (χ0n) is 14.6. The van der Waals surface area contributed by atoms with Crippen LogP contribution in [0.3, 0.4) is 0 Å². The van der Waals surface area contributed by atoms with Crippen molar-refractivity contribution in [2.75, 3.05) is 20.1 Å². The number of hydrogen-bond donors (Lipinski definition) is 3. The predicted molar refractivity (Wildman–Crippen MR) is 96.6 cm³/mol. The Morgan fingerprint density at radius 3 is 2.52 bits per heavy atom. The Morgan fingerprint density at radius 2 is 1.87 bits per heavy atom. The number of guanidine groups is 1. The molecular weight excluding hydrogens is 288 g/mol. The van der Waals surface area contributed by atoms with Crippen LogP contribution >= 0.6 is 0 Å². The second-order valence-corrected chi connectivity index (χ2v) is 5.64. The van der Waals surface area contributed by atoms with Crippen molar-refractivity contribution in [3.63, 3.8) is 0 Å². The molecule has 0 heterocycles. The minimum atomic E-state index is 0.0754. The number of aryl methyl sites for hydroxylation is 1. The fourth-order valence-corrected chi connectivity index (χ4v) is 2.11. The molecule has 5 nitrogen and oxygen atoms in total. The second kappa shape index (κ2) is 11.5. The molecule has 3 N–H and O–H groups in total. The smallest absolute Gasteiger partial charge is 0.221 e. The van der Waals surface area contributed by atoms with Gasteiger partial charge in [-0.25, -0.2) is 0 Å². The van der Waals surface area contributed by atoms with Crippen LogP contribution in [0.1, 0.15) is 38.7 Å². The number of rotatable bonds is 9. The van der Waals surface area contributed by atoms with Gasteiger partial charge in [0.25, 0.3) is 0 Å². The summed E-state index contributed by atoms with van der Waals surface area (Å²) in [6, 6.07) is 10.7. The van der Waals surface area contributed by atoms with Gasteiger partial charge in [-0.2, -0.15) is 0 Å². The highest BCUT2D eigenvalue weighted by molar-refractivity contribution is 5.81. The Bertz CT molecular complexity index is 473. The summed E-state index contributed by atoms with van der Waals surface area (Å²) in [7, 11) is 1.74. The third-order valence-electron chi connectivity index (χ3n) is 3.67. The maximum absolute atomic E-state index is 11.7. The van der Waals surface area contributed by atoms with Crippen molar-refractivity contribution in [1.82, 2.24) is 16.0 Å². The SMILES string of the molecule is CCC(C)NC(=O)CCNC(=NC)NCCCc1ccccc1. The first-order valence-corrected chi connectivity index (χ1v) is 8.43. The van der Waals surface area contributed by atoms with Crippen LogP contribution < -0.4 is 16.0 Å². The van der Waals surface area contributed by atoms with Gasteiger partial charge >= 0.3 is 0 Å². The molecule has 0 radical (unpaired) electrons. The molecule has 0 saturated carbocycles.